The summed E-state index contributed by atoms with van der Waals surface area (Å²) in [6.07, 6.45) is 0. The molecule has 0 bridgehead atoms. The van der Waals surface area contributed by atoms with Gasteiger partial charge in [-0.3, -0.25) is 0 Å². The van der Waals surface area contributed by atoms with Crippen LogP contribution in [0.1, 0.15) is 11.1 Å². The van der Waals surface area contributed by atoms with Gasteiger partial charge in [-0.2, -0.15) is 0 Å². The van der Waals surface area contributed by atoms with Gasteiger partial charge < -0.3 is 14.8 Å². The zero-order chi connectivity index (χ0) is 13.9. The van der Waals surface area contributed by atoms with Crippen molar-refractivity contribution in [3.05, 3.63) is 57.6 Å². The number of hydrogen-bond donors (Lipinski definition) is 1. The van der Waals surface area contributed by atoms with E-state index in [1.807, 2.05) is 30.3 Å². The average molecular weight is 310 g/mol. The van der Waals surface area contributed by atoms with E-state index in [-0.39, 0.29) is 0 Å². The third-order valence-electron chi connectivity index (χ3n) is 3.02. The number of fused-ring (bicyclic) bond motifs is 1. The van der Waals surface area contributed by atoms with Crippen LogP contribution < -0.4 is 14.8 Å². The number of halogens is 2. The van der Waals surface area contributed by atoms with Crippen molar-refractivity contribution in [2.24, 2.45) is 0 Å². The van der Waals surface area contributed by atoms with Gasteiger partial charge in [0.15, 0.2) is 11.5 Å². The van der Waals surface area contributed by atoms with E-state index in [4.69, 9.17) is 32.7 Å². The molecule has 1 aliphatic heterocycles. The van der Waals surface area contributed by atoms with Gasteiger partial charge in [-0.25, -0.2) is 0 Å². The van der Waals surface area contributed by atoms with Crippen molar-refractivity contribution in [3.8, 4) is 11.5 Å². The van der Waals surface area contributed by atoms with E-state index in [0.717, 1.165) is 29.2 Å². The normalized spacial score (nSPS) is 12.7. The molecule has 0 saturated carbocycles. The predicted molar refractivity (Wildman–Crippen MR) is 79.6 cm³/mol. The number of rotatable bonds is 4. The average Bonchev–Trinajstić information content (AvgIpc) is 2.85. The van der Waals surface area contributed by atoms with Gasteiger partial charge in [0.2, 0.25) is 6.79 Å². The van der Waals surface area contributed by atoms with Crippen molar-refractivity contribution in [3.63, 3.8) is 0 Å². The summed E-state index contributed by atoms with van der Waals surface area (Å²) in [5, 5.41) is 4.65. The van der Waals surface area contributed by atoms with Crippen LogP contribution in [0.5, 0.6) is 11.5 Å². The van der Waals surface area contributed by atoms with Crippen LogP contribution in [0.2, 0.25) is 10.0 Å². The Labute approximate surface area is 127 Å². The lowest BCUT2D eigenvalue weighted by molar-refractivity contribution is 0.174. The van der Waals surface area contributed by atoms with Crippen molar-refractivity contribution in [2.45, 2.75) is 13.1 Å². The lowest BCUT2D eigenvalue weighted by atomic mass is 10.2. The Bertz CT molecular complexity index is 611. The van der Waals surface area contributed by atoms with E-state index in [0.29, 0.717) is 23.4 Å². The quantitative estimate of drug-likeness (QED) is 0.925. The maximum Gasteiger partial charge on any atom is 0.231 e. The Morgan fingerprint density at radius 1 is 0.850 bits per heavy atom. The second kappa shape index (κ2) is 5.92. The summed E-state index contributed by atoms with van der Waals surface area (Å²) in [5.74, 6) is 1.60. The van der Waals surface area contributed by atoms with E-state index >= 15 is 0 Å². The van der Waals surface area contributed by atoms with Crippen molar-refractivity contribution in [1.82, 2.24) is 5.32 Å². The Balaban J connectivity index is 1.59. The Kier molecular flexibility index (Phi) is 4.01. The predicted octanol–water partition coefficient (Wildman–Crippen LogP) is 4.01. The summed E-state index contributed by atoms with van der Waals surface area (Å²) >= 11 is 11.9. The van der Waals surface area contributed by atoms with Gasteiger partial charge in [0.05, 0.1) is 0 Å². The van der Waals surface area contributed by atoms with Gasteiger partial charge in [-0.1, -0.05) is 29.3 Å². The molecule has 5 heteroatoms. The molecule has 2 aromatic rings. The Morgan fingerprint density at radius 3 is 2.35 bits per heavy atom. The zero-order valence-corrected chi connectivity index (χ0v) is 12.2. The molecule has 0 aromatic heterocycles. The fraction of sp³-hybridized carbons (Fsp3) is 0.200. The van der Waals surface area contributed by atoms with Crippen LogP contribution >= 0.6 is 23.2 Å². The minimum absolute atomic E-state index is 0.299. The SMILES string of the molecule is Clc1cc(Cl)cc(CNCc2ccc3c(c2)OCO3)c1. The first-order chi connectivity index (χ1) is 9.70. The first-order valence-electron chi connectivity index (χ1n) is 6.25. The van der Waals surface area contributed by atoms with Gasteiger partial charge in [0, 0.05) is 23.1 Å². The van der Waals surface area contributed by atoms with Crippen LogP contribution in [0.3, 0.4) is 0 Å². The zero-order valence-electron chi connectivity index (χ0n) is 10.7. The number of nitrogens with one attached hydrogen (secondary N) is 1. The first kappa shape index (κ1) is 13.6. The molecule has 1 aliphatic rings. The minimum atomic E-state index is 0.299. The minimum Gasteiger partial charge on any atom is -0.454 e. The molecule has 2 aromatic carbocycles. The topological polar surface area (TPSA) is 30.5 Å². The van der Waals surface area contributed by atoms with Gasteiger partial charge in [0.25, 0.3) is 0 Å². The maximum atomic E-state index is 5.97. The molecule has 3 rings (SSSR count). The van der Waals surface area contributed by atoms with Crippen LogP contribution in [0.4, 0.5) is 0 Å². The highest BCUT2D eigenvalue weighted by Crippen LogP contribution is 2.32. The summed E-state index contributed by atoms with van der Waals surface area (Å²) in [6.45, 7) is 1.74. The summed E-state index contributed by atoms with van der Waals surface area (Å²) in [7, 11) is 0. The number of ether oxygens (including phenoxy) is 2. The summed E-state index contributed by atoms with van der Waals surface area (Å²) in [6, 6.07) is 11.5. The van der Waals surface area contributed by atoms with Crippen LogP contribution in [0.25, 0.3) is 0 Å². The van der Waals surface area contributed by atoms with E-state index in [1.54, 1.807) is 6.07 Å². The lowest BCUT2D eigenvalue weighted by Gasteiger charge is -2.07. The standard InChI is InChI=1S/C15H13Cl2NO2/c16-12-3-11(4-13(17)6-12)8-18-7-10-1-2-14-15(5-10)20-9-19-14/h1-6,18H,7-9H2. The molecule has 0 aliphatic carbocycles. The molecule has 0 unspecified atom stereocenters. The third kappa shape index (κ3) is 3.18. The second-order valence-electron chi connectivity index (χ2n) is 4.57. The lowest BCUT2D eigenvalue weighted by Crippen LogP contribution is -2.12. The highest BCUT2D eigenvalue weighted by atomic mass is 35.5. The monoisotopic (exact) mass is 309 g/mol. The molecule has 1 N–H and O–H groups in total. The molecule has 1 heterocycles. The van der Waals surface area contributed by atoms with Gasteiger partial charge in [-0.05, 0) is 41.5 Å². The molecule has 104 valence electrons. The second-order valence-corrected chi connectivity index (χ2v) is 5.44. The highest BCUT2D eigenvalue weighted by molar-refractivity contribution is 6.34. The molecule has 20 heavy (non-hydrogen) atoms. The molecule has 0 atom stereocenters. The fourth-order valence-corrected chi connectivity index (χ4v) is 2.69. The largest absolute Gasteiger partial charge is 0.454 e. The smallest absolute Gasteiger partial charge is 0.231 e. The van der Waals surface area contributed by atoms with Crippen LogP contribution in [-0.4, -0.2) is 6.79 Å². The summed E-state index contributed by atoms with van der Waals surface area (Å²) < 4.78 is 10.6. The van der Waals surface area contributed by atoms with Crippen molar-refractivity contribution >= 4 is 23.2 Å². The fourth-order valence-electron chi connectivity index (χ4n) is 2.12. The number of hydrogen-bond acceptors (Lipinski definition) is 3. The molecule has 0 spiro atoms. The molecular formula is C15H13Cl2NO2. The summed E-state index contributed by atoms with van der Waals surface area (Å²) in [4.78, 5) is 0. The summed E-state index contributed by atoms with van der Waals surface area (Å²) in [5.41, 5.74) is 2.20. The molecule has 0 saturated heterocycles. The molecular weight excluding hydrogens is 297 g/mol. The first-order valence-corrected chi connectivity index (χ1v) is 7.00. The van der Waals surface area contributed by atoms with Gasteiger partial charge >= 0.3 is 0 Å². The Morgan fingerprint density at radius 2 is 1.55 bits per heavy atom. The van der Waals surface area contributed by atoms with Crippen LogP contribution in [-0.2, 0) is 13.1 Å². The van der Waals surface area contributed by atoms with Crippen molar-refractivity contribution in [1.29, 1.82) is 0 Å². The van der Waals surface area contributed by atoms with Gasteiger partial charge in [0.1, 0.15) is 0 Å². The van der Waals surface area contributed by atoms with E-state index in [9.17, 15) is 0 Å². The highest BCUT2D eigenvalue weighted by Gasteiger charge is 2.12. The van der Waals surface area contributed by atoms with Crippen LogP contribution in [0, 0.1) is 0 Å². The van der Waals surface area contributed by atoms with E-state index in [2.05, 4.69) is 5.32 Å². The van der Waals surface area contributed by atoms with Crippen molar-refractivity contribution < 1.29 is 9.47 Å². The molecule has 0 fully saturated rings. The van der Waals surface area contributed by atoms with Crippen LogP contribution in [0.15, 0.2) is 36.4 Å². The molecule has 3 nitrogen and oxygen atoms in total. The van der Waals surface area contributed by atoms with Gasteiger partial charge in [-0.15, -0.1) is 0 Å². The Hall–Kier alpha value is -1.42. The van der Waals surface area contributed by atoms with E-state index in [1.165, 1.54) is 0 Å². The molecule has 0 radical (unpaired) electrons. The number of benzene rings is 2. The molecule has 0 amide bonds. The third-order valence-corrected chi connectivity index (χ3v) is 3.45. The van der Waals surface area contributed by atoms with E-state index < -0.39 is 0 Å². The van der Waals surface area contributed by atoms with Crippen molar-refractivity contribution in [2.75, 3.05) is 6.79 Å². The maximum absolute atomic E-state index is 5.97.